The van der Waals surface area contributed by atoms with Crippen molar-refractivity contribution in [2.24, 2.45) is 0 Å². The molecule has 0 saturated heterocycles. The van der Waals surface area contributed by atoms with E-state index in [0.29, 0.717) is 6.92 Å². The minimum absolute atomic E-state index is 0.664. The highest BCUT2D eigenvalue weighted by molar-refractivity contribution is 6.32. The maximum absolute atomic E-state index is 12.5. The average Bonchev–Trinajstić information content (AvgIpc) is 2.11. The quantitative estimate of drug-likeness (QED) is 0.434. The van der Waals surface area contributed by atoms with Gasteiger partial charge in [-0.05, 0) is 0 Å². The molecule has 0 radical (unpaired) electrons. The van der Waals surface area contributed by atoms with Gasteiger partial charge in [0.05, 0.1) is 0 Å². The Labute approximate surface area is 85.4 Å². The molecule has 94 valence electrons. The number of halogens is 6. The Hall–Kier alpha value is -1.28. The Kier molecular flexibility index (Phi) is 4.33. The Morgan fingerprint density at radius 3 is 1.94 bits per heavy atom. The lowest BCUT2D eigenvalue weighted by Gasteiger charge is -2.21. The molecule has 0 aliphatic carbocycles. The van der Waals surface area contributed by atoms with Crippen LogP contribution in [0.1, 0.15) is 6.92 Å². The number of esters is 1. The van der Waals surface area contributed by atoms with Crippen LogP contribution in [0.3, 0.4) is 0 Å². The molecule has 0 aromatic rings. The lowest BCUT2D eigenvalue weighted by Crippen LogP contribution is -2.45. The molecule has 1 atom stereocenters. The van der Waals surface area contributed by atoms with Crippen molar-refractivity contribution in [1.82, 2.24) is 0 Å². The van der Waals surface area contributed by atoms with E-state index in [4.69, 9.17) is 0 Å². The van der Waals surface area contributed by atoms with Crippen molar-refractivity contribution in [3.05, 3.63) is 0 Å². The summed E-state index contributed by atoms with van der Waals surface area (Å²) in [4.78, 5) is 20.5. The van der Waals surface area contributed by atoms with E-state index in [-0.39, 0.29) is 0 Å². The molecule has 16 heavy (non-hydrogen) atoms. The molecule has 0 aromatic heterocycles. The Bertz CT molecular complexity index is 284. The average molecular weight is 252 g/mol. The summed E-state index contributed by atoms with van der Waals surface area (Å²) >= 11 is 0. The van der Waals surface area contributed by atoms with E-state index in [1.165, 1.54) is 0 Å². The number of ketones is 1. The van der Waals surface area contributed by atoms with Gasteiger partial charge >= 0.3 is 18.1 Å². The smallest absolute Gasteiger partial charge is 0.425 e. The molecule has 1 unspecified atom stereocenters. The molecule has 0 saturated carbocycles. The van der Waals surface area contributed by atoms with Gasteiger partial charge in [0.15, 0.2) is 6.61 Å². The predicted octanol–water partition coefficient (Wildman–Crippen LogP) is 1.65. The van der Waals surface area contributed by atoms with Gasteiger partial charge in [-0.2, -0.15) is 22.0 Å². The second-order valence-electron chi connectivity index (χ2n) is 2.80. The number of carbonyl (C=O) groups excluding carboxylic acids is 2. The monoisotopic (exact) mass is 252 g/mol. The number of rotatable bonds is 4. The van der Waals surface area contributed by atoms with Gasteiger partial charge in [-0.3, -0.25) is 4.79 Å². The summed E-state index contributed by atoms with van der Waals surface area (Å²) < 4.78 is 75.3. The van der Waals surface area contributed by atoms with Gasteiger partial charge in [0.2, 0.25) is 5.78 Å². The van der Waals surface area contributed by atoms with Gasteiger partial charge in [-0.25, -0.2) is 9.18 Å². The lowest BCUT2D eigenvalue weighted by atomic mass is 10.2. The van der Waals surface area contributed by atoms with E-state index in [1.807, 2.05) is 0 Å². The van der Waals surface area contributed by atoms with Crippen LogP contribution in [0.4, 0.5) is 26.3 Å². The molecule has 0 aliphatic rings. The number of Topliss-reactive ketones (excluding diaryl/α,β-unsaturated/α-hetero) is 1. The maximum Gasteiger partial charge on any atom is 0.425 e. The number of alkyl halides is 6. The molecule has 0 spiro atoms. The van der Waals surface area contributed by atoms with Crippen molar-refractivity contribution < 1.29 is 40.7 Å². The van der Waals surface area contributed by atoms with Gasteiger partial charge in [-0.1, -0.05) is 0 Å². The minimum Gasteiger partial charge on any atom is -0.453 e. The van der Waals surface area contributed by atoms with Crippen molar-refractivity contribution in [2.45, 2.75) is 25.2 Å². The van der Waals surface area contributed by atoms with Gasteiger partial charge in [0.25, 0.3) is 6.17 Å². The molecule has 9 heteroatoms. The minimum atomic E-state index is -5.77. The first kappa shape index (κ1) is 14.7. The van der Waals surface area contributed by atoms with Crippen molar-refractivity contribution in [3.63, 3.8) is 0 Å². The van der Waals surface area contributed by atoms with Crippen molar-refractivity contribution in [3.8, 4) is 0 Å². The van der Waals surface area contributed by atoms with Crippen molar-refractivity contribution in [2.75, 3.05) is 6.61 Å². The number of hydrogen-bond donors (Lipinski definition) is 0. The molecule has 0 aromatic carbocycles. The Balaban J connectivity index is 4.47. The summed E-state index contributed by atoms with van der Waals surface area (Å²) in [7, 11) is 0. The second-order valence-corrected chi connectivity index (χ2v) is 2.80. The molecule has 0 aliphatic heterocycles. The first-order chi connectivity index (χ1) is 6.98. The molecule has 0 N–H and O–H groups in total. The number of ether oxygens (including phenoxy) is 1. The number of hydrogen-bond acceptors (Lipinski definition) is 3. The molecule has 3 nitrogen and oxygen atoms in total. The Morgan fingerprint density at radius 2 is 1.62 bits per heavy atom. The summed E-state index contributed by atoms with van der Waals surface area (Å²) in [5, 5.41) is 0. The summed E-state index contributed by atoms with van der Waals surface area (Å²) in [6.07, 6.45) is -10.2. The maximum atomic E-state index is 12.5. The van der Waals surface area contributed by atoms with Gasteiger partial charge in [0, 0.05) is 6.92 Å². The zero-order chi connectivity index (χ0) is 13.1. The van der Waals surface area contributed by atoms with Crippen molar-refractivity contribution in [1.29, 1.82) is 0 Å². The fourth-order valence-electron chi connectivity index (χ4n) is 0.576. The third-order valence-corrected chi connectivity index (χ3v) is 1.34. The van der Waals surface area contributed by atoms with E-state index >= 15 is 0 Å². The van der Waals surface area contributed by atoms with Crippen LogP contribution in [0, 0.1) is 0 Å². The largest absolute Gasteiger partial charge is 0.453 e. The fraction of sp³-hybridized carbons (Fsp3) is 0.714. The van der Waals surface area contributed by atoms with E-state index in [2.05, 4.69) is 4.74 Å². The highest BCUT2D eigenvalue weighted by Gasteiger charge is 2.57. The summed E-state index contributed by atoms with van der Waals surface area (Å²) in [6, 6.07) is 0. The Morgan fingerprint density at radius 1 is 1.19 bits per heavy atom. The van der Waals surface area contributed by atoms with E-state index in [1.54, 1.807) is 0 Å². The van der Waals surface area contributed by atoms with Crippen LogP contribution in [0.15, 0.2) is 0 Å². The molecule has 0 bridgehead atoms. The lowest BCUT2D eigenvalue weighted by molar-refractivity contribution is -0.254. The zero-order valence-electron chi connectivity index (χ0n) is 7.78. The standard InChI is InChI=1S/C7H6F6O3/c1-3(14)4(15)16-2-6(9,10)5(8)7(11,12)13/h5H,2H2,1H3. The topological polar surface area (TPSA) is 43.4 Å². The van der Waals surface area contributed by atoms with E-state index in [9.17, 15) is 35.9 Å². The van der Waals surface area contributed by atoms with Crippen LogP contribution in [0.25, 0.3) is 0 Å². The van der Waals surface area contributed by atoms with Gasteiger partial charge in [0.1, 0.15) is 0 Å². The third kappa shape index (κ3) is 4.07. The highest BCUT2D eigenvalue weighted by atomic mass is 19.4. The molecule has 0 rings (SSSR count). The number of carbonyl (C=O) groups is 2. The summed E-state index contributed by atoms with van der Waals surface area (Å²) in [5.41, 5.74) is 0. The SMILES string of the molecule is CC(=O)C(=O)OCC(F)(F)C(F)C(F)(F)F. The molecule has 0 heterocycles. The second kappa shape index (κ2) is 4.71. The fourth-order valence-corrected chi connectivity index (χ4v) is 0.576. The third-order valence-electron chi connectivity index (χ3n) is 1.34. The highest BCUT2D eigenvalue weighted by Crippen LogP contribution is 2.34. The first-order valence-corrected chi connectivity index (χ1v) is 3.75. The van der Waals surface area contributed by atoms with Crippen LogP contribution in [-0.4, -0.2) is 36.6 Å². The van der Waals surface area contributed by atoms with Crippen LogP contribution in [-0.2, 0) is 14.3 Å². The molecular formula is C7H6F6O3. The molecular weight excluding hydrogens is 246 g/mol. The zero-order valence-corrected chi connectivity index (χ0v) is 7.78. The van der Waals surface area contributed by atoms with E-state index in [0.717, 1.165) is 0 Å². The van der Waals surface area contributed by atoms with Crippen LogP contribution in [0.2, 0.25) is 0 Å². The molecule has 0 fully saturated rings. The van der Waals surface area contributed by atoms with Crippen LogP contribution in [0.5, 0.6) is 0 Å². The van der Waals surface area contributed by atoms with Gasteiger partial charge in [-0.15, -0.1) is 0 Å². The molecule has 0 amide bonds. The first-order valence-electron chi connectivity index (χ1n) is 3.75. The van der Waals surface area contributed by atoms with Crippen LogP contribution < -0.4 is 0 Å². The normalized spacial score (nSPS) is 14.4. The van der Waals surface area contributed by atoms with E-state index < -0.39 is 36.6 Å². The summed E-state index contributed by atoms with van der Waals surface area (Å²) in [5.74, 6) is -7.96. The van der Waals surface area contributed by atoms with Crippen LogP contribution >= 0.6 is 0 Å². The van der Waals surface area contributed by atoms with Gasteiger partial charge < -0.3 is 4.74 Å². The summed E-state index contributed by atoms with van der Waals surface area (Å²) in [6.45, 7) is -1.48. The van der Waals surface area contributed by atoms with Crippen molar-refractivity contribution >= 4 is 11.8 Å². The predicted molar refractivity (Wildman–Crippen MR) is 37.5 cm³/mol.